The largest absolute Gasteiger partial charge is 0.417 e. The van der Waals surface area contributed by atoms with Gasteiger partial charge in [-0.25, -0.2) is 4.39 Å². The summed E-state index contributed by atoms with van der Waals surface area (Å²) < 4.78 is 19.3. The highest BCUT2D eigenvalue weighted by atomic mass is 35.5. The van der Waals surface area contributed by atoms with E-state index in [-0.39, 0.29) is 28.8 Å². The third-order valence-electron chi connectivity index (χ3n) is 5.87. The van der Waals surface area contributed by atoms with Gasteiger partial charge in [0, 0.05) is 54.0 Å². The van der Waals surface area contributed by atoms with Crippen molar-refractivity contribution in [1.29, 1.82) is 0 Å². The molecule has 0 unspecified atom stereocenters. The first-order valence-corrected chi connectivity index (χ1v) is 11.9. The Morgan fingerprint density at radius 1 is 1.15 bits per heavy atom. The van der Waals surface area contributed by atoms with Gasteiger partial charge in [0.25, 0.3) is 0 Å². The van der Waals surface area contributed by atoms with Gasteiger partial charge in [-0.05, 0) is 49.7 Å². The number of rotatable bonds is 8. The summed E-state index contributed by atoms with van der Waals surface area (Å²) in [5, 5.41) is 11.4. The van der Waals surface area contributed by atoms with Crippen molar-refractivity contribution in [2.24, 2.45) is 0 Å². The lowest BCUT2D eigenvalue weighted by molar-refractivity contribution is 0.0915. The van der Waals surface area contributed by atoms with Crippen LogP contribution in [-0.4, -0.2) is 60.3 Å². The fourth-order valence-corrected chi connectivity index (χ4v) is 4.38. The standard InChI is InChI=1S/C24H26Cl2FN5O2/c1-16-6-7-17(25)14-21(16)32-12-10-31(11-13-32)9-3-8-28-23(33)24-30-29-22(34-24)15-18-19(26)4-2-5-20(18)27/h2,4-7,14H,3,8-13,15H2,1H3,(H,28,33). The Balaban J connectivity index is 1.19. The highest BCUT2D eigenvalue weighted by Gasteiger charge is 2.20. The fraction of sp³-hybridized carbons (Fsp3) is 0.375. The lowest BCUT2D eigenvalue weighted by Gasteiger charge is -2.36. The molecule has 0 aliphatic carbocycles. The van der Waals surface area contributed by atoms with E-state index in [4.69, 9.17) is 27.6 Å². The highest BCUT2D eigenvalue weighted by Crippen LogP contribution is 2.25. The molecule has 7 nitrogen and oxygen atoms in total. The van der Waals surface area contributed by atoms with Crippen LogP contribution >= 0.6 is 23.2 Å². The van der Waals surface area contributed by atoms with Gasteiger partial charge in [0.1, 0.15) is 5.82 Å². The number of hydrogen-bond acceptors (Lipinski definition) is 6. The fourth-order valence-electron chi connectivity index (χ4n) is 3.99. The molecule has 0 saturated carbocycles. The molecule has 1 aliphatic heterocycles. The van der Waals surface area contributed by atoms with E-state index in [0.29, 0.717) is 6.54 Å². The number of benzene rings is 2. The molecule has 0 atom stereocenters. The highest BCUT2D eigenvalue weighted by molar-refractivity contribution is 6.31. The van der Waals surface area contributed by atoms with Gasteiger partial charge in [0.15, 0.2) is 0 Å². The molecule has 4 rings (SSSR count). The zero-order valence-corrected chi connectivity index (χ0v) is 20.4. The van der Waals surface area contributed by atoms with E-state index < -0.39 is 11.7 Å². The van der Waals surface area contributed by atoms with E-state index in [0.717, 1.165) is 44.2 Å². The predicted molar refractivity (Wildman–Crippen MR) is 130 cm³/mol. The van der Waals surface area contributed by atoms with Gasteiger partial charge >= 0.3 is 11.8 Å². The minimum absolute atomic E-state index is 0.0203. The molecule has 0 radical (unpaired) electrons. The second-order valence-electron chi connectivity index (χ2n) is 8.25. The van der Waals surface area contributed by atoms with Crippen LogP contribution in [0, 0.1) is 12.7 Å². The molecule has 2 aromatic carbocycles. The Bertz CT molecular complexity index is 1130. The molecule has 1 saturated heterocycles. The number of aryl methyl sites for hydroxylation is 1. The van der Waals surface area contributed by atoms with Crippen molar-refractivity contribution in [2.75, 3.05) is 44.2 Å². The second-order valence-corrected chi connectivity index (χ2v) is 9.09. The molecule has 0 spiro atoms. The Labute approximate surface area is 207 Å². The van der Waals surface area contributed by atoms with Gasteiger partial charge in [-0.15, -0.1) is 10.2 Å². The molecule has 2 heterocycles. The zero-order chi connectivity index (χ0) is 24.1. The number of halogens is 3. The number of piperazine rings is 1. The summed E-state index contributed by atoms with van der Waals surface area (Å²) in [4.78, 5) is 17.1. The monoisotopic (exact) mass is 505 g/mol. The van der Waals surface area contributed by atoms with Gasteiger partial charge in [-0.3, -0.25) is 9.69 Å². The molecule has 10 heteroatoms. The van der Waals surface area contributed by atoms with Crippen molar-refractivity contribution in [2.45, 2.75) is 19.8 Å². The average molecular weight is 506 g/mol. The van der Waals surface area contributed by atoms with Crippen molar-refractivity contribution < 1.29 is 13.6 Å². The first-order valence-electron chi connectivity index (χ1n) is 11.2. The third kappa shape index (κ3) is 6.05. The van der Waals surface area contributed by atoms with Crippen LogP contribution in [0.5, 0.6) is 0 Å². The van der Waals surface area contributed by atoms with Crippen molar-refractivity contribution in [3.8, 4) is 0 Å². The quantitative estimate of drug-likeness (QED) is 0.458. The molecule has 0 bridgehead atoms. The smallest absolute Gasteiger partial charge is 0.308 e. The zero-order valence-electron chi connectivity index (χ0n) is 18.9. The van der Waals surface area contributed by atoms with E-state index in [1.165, 1.54) is 23.4 Å². The van der Waals surface area contributed by atoms with Crippen LogP contribution in [0.25, 0.3) is 0 Å². The molecule has 1 fully saturated rings. The Morgan fingerprint density at radius 3 is 2.71 bits per heavy atom. The van der Waals surface area contributed by atoms with Gasteiger partial charge in [-0.1, -0.05) is 35.3 Å². The number of amides is 1. The minimum Gasteiger partial charge on any atom is -0.417 e. The predicted octanol–water partition coefficient (Wildman–Crippen LogP) is 4.36. The maximum atomic E-state index is 13.9. The molecular weight excluding hydrogens is 480 g/mol. The first kappa shape index (κ1) is 24.4. The Hall–Kier alpha value is -2.68. The summed E-state index contributed by atoms with van der Waals surface area (Å²) in [5.41, 5.74) is 2.67. The number of nitrogens with one attached hydrogen (secondary N) is 1. The first-order chi connectivity index (χ1) is 16.4. The number of hydrogen-bond donors (Lipinski definition) is 1. The number of aromatic nitrogens is 2. The summed E-state index contributed by atoms with van der Waals surface area (Å²) >= 11 is 12.2. The van der Waals surface area contributed by atoms with Gasteiger partial charge in [0.05, 0.1) is 6.42 Å². The number of carbonyl (C=O) groups excluding carboxylic acids is 1. The normalized spacial score (nSPS) is 14.4. The van der Waals surface area contributed by atoms with Crippen molar-refractivity contribution in [3.05, 3.63) is 75.2 Å². The van der Waals surface area contributed by atoms with Crippen molar-refractivity contribution in [3.63, 3.8) is 0 Å². The topological polar surface area (TPSA) is 74.5 Å². The van der Waals surface area contributed by atoms with Crippen LogP contribution in [0.15, 0.2) is 40.8 Å². The summed E-state index contributed by atoms with van der Waals surface area (Å²) in [6.07, 6.45) is 0.820. The molecule has 3 aromatic rings. The molecule has 34 heavy (non-hydrogen) atoms. The number of carbonyl (C=O) groups is 1. The van der Waals surface area contributed by atoms with Gasteiger partial charge < -0.3 is 14.6 Å². The molecular formula is C24H26Cl2FN5O2. The van der Waals surface area contributed by atoms with Gasteiger partial charge in [-0.2, -0.15) is 0 Å². The Kier molecular flexibility index (Phi) is 8.03. The van der Waals surface area contributed by atoms with Crippen LogP contribution in [0.4, 0.5) is 10.1 Å². The third-order valence-corrected chi connectivity index (χ3v) is 6.46. The second kappa shape index (κ2) is 11.2. The summed E-state index contributed by atoms with van der Waals surface area (Å²) in [5.74, 6) is -0.919. The van der Waals surface area contributed by atoms with E-state index in [2.05, 4.69) is 32.2 Å². The maximum Gasteiger partial charge on any atom is 0.308 e. The van der Waals surface area contributed by atoms with Crippen LogP contribution in [-0.2, 0) is 6.42 Å². The number of nitrogens with zero attached hydrogens (tertiary/aromatic N) is 4. The van der Waals surface area contributed by atoms with Crippen LogP contribution in [0.2, 0.25) is 10.0 Å². The molecule has 1 aliphatic rings. The Morgan fingerprint density at radius 2 is 1.94 bits per heavy atom. The molecule has 180 valence electrons. The maximum absolute atomic E-state index is 13.9. The number of anilines is 1. The van der Waals surface area contributed by atoms with Crippen molar-refractivity contribution >= 4 is 34.8 Å². The van der Waals surface area contributed by atoms with Gasteiger partial charge in [0.2, 0.25) is 5.89 Å². The SMILES string of the molecule is Cc1ccc(Cl)cc1N1CCN(CCCNC(=O)c2nnc(Cc3c(F)cccc3Cl)o2)CC1. The summed E-state index contributed by atoms with van der Waals surface area (Å²) in [6, 6.07) is 10.4. The summed E-state index contributed by atoms with van der Waals surface area (Å²) in [7, 11) is 0. The molecule has 1 N–H and O–H groups in total. The minimum atomic E-state index is -0.458. The average Bonchev–Trinajstić information content (AvgIpc) is 3.30. The van der Waals surface area contributed by atoms with Crippen LogP contribution in [0.1, 0.15) is 34.1 Å². The molecule has 1 aromatic heterocycles. The van der Waals surface area contributed by atoms with Crippen LogP contribution < -0.4 is 10.2 Å². The van der Waals surface area contributed by atoms with E-state index >= 15 is 0 Å². The van der Waals surface area contributed by atoms with E-state index in [1.807, 2.05) is 18.2 Å². The lowest BCUT2D eigenvalue weighted by Crippen LogP contribution is -2.47. The lowest BCUT2D eigenvalue weighted by atomic mass is 10.1. The summed E-state index contributed by atoms with van der Waals surface area (Å²) in [6.45, 7) is 7.24. The van der Waals surface area contributed by atoms with Crippen molar-refractivity contribution in [1.82, 2.24) is 20.4 Å². The molecule has 1 amide bonds. The van der Waals surface area contributed by atoms with E-state index in [1.54, 1.807) is 6.07 Å². The van der Waals surface area contributed by atoms with E-state index in [9.17, 15) is 9.18 Å². The van der Waals surface area contributed by atoms with Crippen LogP contribution in [0.3, 0.4) is 0 Å².